The minimum Gasteiger partial charge on any atom is -0.506 e. The predicted molar refractivity (Wildman–Crippen MR) is 74.4 cm³/mol. The first-order chi connectivity index (χ1) is 10.5. The van der Waals surface area contributed by atoms with Crippen molar-refractivity contribution in [1.29, 1.82) is 0 Å². The number of methoxy groups -OCH3 is 1. The highest BCUT2D eigenvalue weighted by atomic mass is 19.1. The molecule has 0 saturated heterocycles. The van der Waals surface area contributed by atoms with Crippen LogP contribution >= 0.6 is 0 Å². The number of β-amino-alcohol motifs (C(OH)–C–C–N with tert-alkyl or cyclic N) is 1. The number of phenols is 1. The fourth-order valence-corrected chi connectivity index (χ4v) is 2.09. The summed E-state index contributed by atoms with van der Waals surface area (Å²) >= 11 is 0. The summed E-state index contributed by atoms with van der Waals surface area (Å²) in [6.45, 7) is -0.217. The maximum absolute atomic E-state index is 13.0. The van der Waals surface area contributed by atoms with Gasteiger partial charge in [-0.3, -0.25) is 4.79 Å². The Bertz CT molecular complexity index is 644. The summed E-state index contributed by atoms with van der Waals surface area (Å²) in [4.78, 5) is 25.3. The lowest BCUT2D eigenvalue weighted by atomic mass is 10.2. The number of nitrogens with one attached hydrogen (secondary N) is 1. The molecule has 8 heteroatoms. The molecule has 22 heavy (non-hydrogen) atoms. The number of nitrogens with zero attached hydrogens (tertiary/aromatic N) is 1. The van der Waals surface area contributed by atoms with Crippen molar-refractivity contribution >= 4 is 17.6 Å². The first-order valence-electron chi connectivity index (χ1n) is 6.45. The van der Waals surface area contributed by atoms with E-state index in [1.54, 1.807) is 0 Å². The molecule has 0 atom stereocenters. The highest BCUT2D eigenvalue weighted by molar-refractivity contribution is 6.08. The largest absolute Gasteiger partial charge is 0.506 e. The summed E-state index contributed by atoms with van der Waals surface area (Å²) in [7, 11) is 1.18. The molecular weight excluding hydrogens is 295 g/mol. The average Bonchev–Trinajstić information content (AvgIpc) is 2.79. The number of rotatable bonds is 5. The summed E-state index contributed by atoms with van der Waals surface area (Å²) in [5.41, 5.74) is 0.0869. The molecule has 0 bridgehead atoms. The zero-order chi connectivity index (χ0) is 16.3. The van der Waals surface area contributed by atoms with Crippen molar-refractivity contribution in [1.82, 2.24) is 4.90 Å². The molecule has 1 amide bonds. The fourth-order valence-electron chi connectivity index (χ4n) is 2.09. The van der Waals surface area contributed by atoms with Crippen LogP contribution in [0.1, 0.15) is 0 Å². The van der Waals surface area contributed by atoms with Crippen molar-refractivity contribution in [2.45, 2.75) is 0 Å². The van der Waals surface area contributed by atoms with Crippen molar-refractivity contribution in [3.63, 3.8) is 0 Å². The Balaban J connectivity index is 2.34. The van der Waals surface area contributed by atoms with Crippen LogP contribution < -0.4 is 5.32 Å². The van der Waals surface area contributed by atoms with Gasteiger partial charge in [0, 0.05) is 12.6 Å². The van der Waals surface area contributed by atoms with Gasteiger partial charge < -0.3 is 25.2 Å². The van der Waals surface area contributed by atoms with Gasteiger partial charge in [-0.2, -0.15) is 0 Å². The number of benzene rings is 1. The smallest absolute Gasteiger partial charge is 0.337 e. The number of amides is 1. The number of carbonyl (C=O) groups is 2. The third-order valence-corrected chi connectivity index (χ3v) is 3.17. The molecule has 1 aromatic carbocycles. The fraction of sp³-hybridized carbons (Fsp3) is 0.286. The van der Waals surface area contributed by atoms with E-state index in [1.165, 1.54) is 18.1 Å². The Hall–Kier alpha value is -2.61. The van der Waals surface area contributed by atoms with Crippen molar-refractivity contribution in [2.24, 2.45) is 0 Å². The molecule has 2 rings (SSSR count). The van der Waals surface area contributed by atoms with Gasteiger partial charge in [0.25, 0.3) is 5.91 Å². The Morgan fingerprint density at radius 1 is 1.50 bits per heavy atom. The van der Waals surface area contributed by atoms with Crippen LogP contribution in [0.4, 0.5) is 10.1 Å². The highest BCUT2D eigenvalue weighted by Gasteiger charge is 2.34. The molecule has 0 spiro atoms. The first-order valence-corrected chi connectivity index (χ1v) is 6.45. The first kappa shape index (κ1) is 15.8. The lowest BCUT2D eigenvalue weighted by Gasteiger charge is -2.15. The summed E-state index contributed by atoms with van der Waals surface area (Å²) in [5, 5.41) is 21.3. The Morgan fingerprint density at radius 2 is 2.23 bits per heavy atom. The summed E-state index contributed by atoms with van der Waals surface area (Å²) < 4.78 is 17.6. The SMILES string of the molecule is COC(=O)C1=C(Nc2ccc(F)cc2O)C(=O)N(CCO)C1. The zero-order valence-corrected chi connectivity index (χ0v) is 11.8. The second-order valence-corrected chi connectivity index (χ2v) is 4.58. The van der Waals surface area contributed by atoms with Gasteiger partial charge >= 0.3 is 5.97 Å². The Labute approximate surface area is 125 Å². The number of ether oxygens (including phenoxy) is 1. The third kappa shape index (κ3) is 3.01. The predicted octanol–water partition coefficient (Wildman–Crippen LogP) is 0.205. The van der Waals surface area contributed by atoms with Gasteiger partial charge in [0.05, 0.1) is 31.5 Å². The van der Waals surface area contributed by atoms with E-state index in [2.05, 4.69) is 10.1 Å². The minimum absolute atomic E-state index is 0.0175. The molecule has 0 aliphatic carbocycles. The number of hydrogen-bond acceptors (Lipinski definition) is 6. The Kier molecular flexibility index (Phi) is 4.62. The number of esters is 1. The summed E-state index contributed by atoms with van der Waals surface area (Å²) in [6.07, 6.45) is 0. The van der Waals surface area contributed by atoms with E-state index in [0.717, 1.165) is 12.1 Å². The normalized spacial score (nSPS) is 14.5. The molecule has 0 fully saturated rings. The van der Waals surface area contributed by atoms with Gasteiger partial charge in [-0.05, 0) is 12.1 Å². The van der Waals surface area contributed by atoms with E-state index >= 15 is 0 Å². The maximum atomic E-state index is 13.0. The van der Waals surface area contributed by atoms with Crippen molar-refractivity contribution < 1.29 is 28.9 Å². The van der Waals surface area contributed by atoms with Crippen LogP contribution in [0.3, 0.4) is 0 Å². The Morgan fingerprint density at radius 3 is 2.82 bits per heavy atom. The van der Waals surface area contributed by atoms with Gasteiger partial charge in [0.2, 0.25) is 0 Å². The van der Waals surface area contributed by atoms with Crippen LogP contribution in [-0.2, 0) is 14.3 Å². The third-order valence-electron chi connectivity index (χ3n) is 3.17. The number of aromatic hydroxyl groups is 1. The number of anilines is 1. The summed E-state index contributed by atoms with van der Waals surface area (Å²) in [6, 6.07) is 3.23. The molecule has 7 nitrogen and oxygen atoms in total. The van der Waals surface area contributed by atoms with Gasteiger partial charge in [0.1, 0.15) is 17.3 Å². The number of phenolic OH excluding ortho intramolecular Hbond substituents is 1. The molecule has 1 aromatic rings. The number of aliphatic hydroxyl groups is 1. The number of carbonyl (C=O) groups excluding carboxylic acids is 2. The van der Waals surface area contributed by atoms with Crippen LogP contribution in [0.2, 0.25) is 0 Å². The highest BCUT2D eigenvalue weighted by Crippen LogP contribution is 2.28. The molecule has 0 radical (unpaired) electrons. The van der Waals surface area contributed by atoms with Crippen LogP contribution in [-0.4, -0.2) is 53.8 Å². The molecule has 1 aliphatic heterocycles. The minimum atomic E-state index is -0.696. The molecule has 0 saturated carbocycles. The van der Waals surface area contributed by atoms with Crippen LogP contribution in [0.25, 0.3) is 0 Å². The van der Waals surface area contributed by atoms with Crippen molar-refractivity contribution in [2.75, 3.05) is 32.1 Å². The van der Waals surface area contributed by atoms with E-state index in [-0.39, 0.29) is 36.7 Å². The number of aliphatic hydroxyl groups excluding tert-OH is 1. The zero-order valence-electron chi connectivity index (χ0n) is 11.8. The molecule has 1 aliphatic rings. The quantitative estimate of drug-likeness (QED) is 0.531. The van der Waals surface area contributed by atoms with E-state index in [4.69, 9.17) is 5.11 Å². The van der Waals surface area contributed by atoms with Crippen molar-refractivity contribution in [3.05, 3.63) is 35.3 Å². The molecule has 0 aromatic heterocycles. The van der Waals surface area contributed by atoms with Gasteiger partial charge in [-0.25, -0.2) is 9.18 Å². The second kappa shape index (κ2) is 6.44. The number of halogens is 1. The van der Waals surface area contributed by atoms with Crippen LogP contribution in [0, 0.1) is 5.82 Å². The van der Waals surface area contributed by atoms with Crippen LogP contribution in [0.15, 0.2) is 29.5 Å². The summed E-state index contributed by atoms with van der Waals surface area (Å²) in [5.74, 6) is -2.24. The van der Waals surface area contributed by atoms with Gasteiger partial charge in [0.15, 0.2) is 0 Å². The van der Waals surface area contributed by atoms with E-state index in [0.29, 0.717) is 0 Å². The molecular formula is C14H15FN2O5. The standard InChI is InChI=1S/C14H15FN2O5/c1-22-14(21)9-7-17(4-5-18)13(20)12(9)16-10-3-2-8(15)6-11(10)19/h2-3,6,16,18-19H,4-5,7H2,1H3. The lowest BCUT2D eigenvalue weighted by Crippen LogP contribution is -2.31. The number of hydrogen-bond donors (Lipinski definition) is 3. The van der Waals surface area contributed by atoms with Crippen LogP contribution in [0.5, 0.6) is 5.75 Å². The molecule has 3 N–H and O–H groups in total. The second-order valence-electron chi connectivity index (χ2n) is 4.58. The maximum Gasteiger partial charge on any atom is 0.337 e. The van der Waals surface area contributed by atoms with E-state index in [9.17, 15) is 19.1 Å². The topological polar surface area (TPSA) is 99.1 Å². The average molecular weight is 310 g/mol. The monoisotopic (exact) mass is 310 g/mol. The van der Waals surface area contributed by atoms with Gasteiger partial charge in [-0.15, -0.1) is 0 Å². The van der Waals surface area contributed by atoms with Crippen molar-refractivity contribution in [3.8, 4) is 5.75 Å². The van der Waals surface area contributed by atoms with E-state index in [1.807, 2.05) is 0 Å². The van der Waals surface area contributed by atoms with Gasteiger partial charge in [-0.1, -0.05) is 0 Å². The molecule has 118 valence electrons. The lowest BCUT2D eigenvalue weighted by molar-refractivity contribution is -0.136. The van der Waals surface area contributed by atoms with E-state index < -0.39 is 23.4 Å². The molecule has 1 heterocycles. The molecule has 0 unspecified atom stereocenters.